The molecular weight excluding hydrogens is 218 g/mol. The Morgan fingerprint density at radius 2 is 2.00 bits per heavy atom. The van der Waals surface area contributed by atoms with E-state index >= 15 is 0 Å². The first-order valence-electron chi connectivity index (χ1n) is 5.83. The number of carbonyl (C=O) groups excluding carboxylic acids is 1. The number of hydrogen-bond donors (Lipinski definition) is 1. The van der Waals surface area contributed by atoms with E-state index in [9.17, 15) is 4.79 Å². The third kappa shape index (κ3) is 5.36. The Bertz CT molecular complexity index is 335. The van der Waals surface area contributed by atoms with E-state index in [0.29, 0.717) is 18.9 Å². The van der Waals surface area contributed by atoms with E-state index in [2.05, 4.69) is 0 Å². The SMILES string of the molecule is CCCCOC(=O)COc1ccc(CN)cc1. The molecular formula is C13H19NO3. The van der Waals surface area contributed by atoms with Gasteiger partial charge in [-0.25, -0.2) is 4.79 Å². The van der Waals surface area contributed by atoms with Gasteiger partial charge in [0.15, 0.2) is 6.61 Å². The van der Waals surface area contributed by atoms with E-state index in [-0.39, 0.29) is 12.6 Å². The monoisotopic (exact) mass is 237 g/mol. The summed E-state index contributed by atoms with van der Waals surface area (Å²) in [6.07, 6.45) is 1.89. The summed E-state index contributed by atoms with van der Waals surface area (Å²) in [5.74, 6) is 0.316. The highest BCUT2D eigenvalue weighted by Gasteiger charge is 2.03. The van der Waals surface area contributed by atoms with Crippen LogP contribution in [0.5, 0.6) is 5.75 Å². The number of rotatable bonds is 7. The quantitative estimate of drug-likeness (QED) is 0.581. The Morgan fingerprint density at radius 1 is 1.29 bits per heavy atom. The van der Waals surface area contributed by atoms with E-state index in [1.165, 1.54) is 0 Å². The summed E-state index contributed by atoms with van der Waals surface area (Å²) < 4.78 is 10.2. The number of hydrogen-bond acceptors (Lipinski definition) is 4. The van der Waals surface area contributed by atoms with Crippen LogP contribution in [0.25, 0.3) is 0 Å². The van der Waals surface area contributed by atoms with Gasteiger partial charge >= 0.3 is 5.97 Å². The van der Waals surface area contributed by atoms with Gasteiger partial charge in [0.2, 0.25) is 0 Å². The predicted molar refractivity (Wildman–Crippen MR) is 65.7 cm³/mol. The van der Waals surface area contributed by atoms with Gasteiger partial charge in [0.05, 0.1) is 6.61 Å². The second-order valence-electron chi connectivity index (χ2n) is 3.71. The molecule has 0 amide bonds. The minimum atomic E-state index is -0.332. The van der Waals surface area contributed by atoms with E-state index in [0.717, 1.165) is 18.4 Å². The molecule has 0 saturated heterocycles. The highest BCUT2D eigenvalue weighted by Crippen LogP contribution is 2.11. The van der Waals surface area contributed by atoms with Crippen molar-refractivity contribution in [2.45, 2.75) is 26.3 Å². The number of carbonyl (C=O) groups is 1. The largest absolute Gasteiger partial charge is 0.482 e. The van der Waals surface area contributed by atoms with Crippen LogP contribution in [-0.4, -0.2) is 19.2 Å². The van der Waals surface area contributed by atoms with Crippen molar-refractivity contribution in [2.24, 2.45) is 5.73 Å². The molecule has 0 aliphatic carbocycles. The minimum absolute atomic E-state index is 0.0499. The third-order valence-electron chi connectivity index (χ3n) is 2.28. The lowest BCUT2D eigenvalue weighted by atomic mass is 10.2. The molecule has 0 bridgehead atoms. The molecule has 0 aromatic heterocycles. The van der Waals surface area contributed by atoms with Crippen LogP contribution in [0.15, 0.2) is 24.3 Å². The Labute approximate surface area is 102 Å². The molecule has 0 unspecified atom stereocenters. The van der Waals surface area contributed by atoms with Crippen LogP contribution in [0.2, 0.25) is 0 Å². The topological polar surface area (TPSA) is 61.5 Å². The molecule has 0 fully saturated rings. The lowest BCUT2D eigenvalue weighted by Gasteiger charge is -2.07. The molecule has 1 rings (SSSR count). The van der Waals surface area contributed by atoms with Crippen molar-refractivity contribution in [2.75, 3.05) is 13.2 Å². The minimum Gasteiger partial charge on any atom is -0.482 e. The van der Waals surface area contributed by atoms with Gasteiger partial charge in [0.25, 0.3) is 0 Å². The fourth-order valence-electron chi connectivity index (χ4n) is 1.24. The van der Waals surface area contributed by atoms with Gasteiger partial charge in [-0.1, -0.05) is 25.5 Å². The molecule has 0 saturated carbocycles. The maximum Gasteiger partial charge on any atom is 0.344 e. The van der Waals surface area contributed by atoms with Crippen molar-refractivity contribution in [1.82, 2.24) is 0 Å². The number of nitrogens with two attached hydrogens (primary N) is 1. The molecule has 4 nitrogen and oxygen atoms in total. The zero-order chi connectivity index (χ0) is 12.5. The molecule has 2 N–H and O–H groups in total. The van der Waals surface area contributed by atoms with Crippen LogP contribution in [0.3, 0.4) is 0 Å². The van der Waals surface area contributed by atoms with Gasteiger partial charge in [-0.2, -0.15) is 0 Å². The summed E-state index contributed by atoms with van der Waals surface area (Å²) in [7, 11) is 0. The second-order valence-corrected chi connectivity index (χ2v) is 3.71. The summed E-state index contributed by atoms with van der Waals surface area (Å²) in [6.45, 7) is 2.96. The number of ether oxygens (including phenoxy) is 2. The first-order chi connectivity index (χ1) is 8.26. The van der Waals surface area contributed by atoms with Crippen molar-refractivity contribution in [1.29, 1.82) is 0 Å². The first-order valence-corrected chi connectivity index (χ1v) is 5.83. The second kappa shape index (κ2) is 7.68. The van der Waals surface area contributed by atoms with Crippen molar-refractivity contribution in [3.63, 3.8) is 0 Å². The van der Waals surface area contributed by atoms with Gasteiger partial charge in [-0.3, -0.25) is 0 Å². The Kier molecular flexibility index (Phi) is 6.10. The molecule has 0 radical (unpaired) electrons. The summed E-state index contributed by atoms with van der Waals surface area (Å²) >= 11 is 0. The first kappa shape index (κ1) is 13.5. The fraction of sp³-hybridized carbons (Fsp3) is 0.462. The molecule has 1 aromatic carbocycles. The van der Waals surface area contributed by atoms with Gasteiger partial charge in [-0.05, 0) is 24.1 Å². The highest BCUT2D eigenvalue weighted by atomic mass is 16.6. The molecule has 0 atom stereocenters. The molecule has 0 aliphatic heterocycles. The Hall–Kier alpha value is -1.55. The zero-order valence-corrected chi connectivity index (χ0v) is 10.1. The average Bonchev–Trinajstić information content (AvgIpc) is 2.37. The Balaban J connectivity index is 2.27. The molecule has 94 valence electrons. The predicted octanol–water partition coefficient (Wildman–Crippen LogP) is 1.87. The molecule has 0 aliphatic rings. The molecule has 1 aromatic rings. The van der Waals surface area contributed by atoms with Crippen molar-refractivity contribution in [3.8, 4) is 5.75 Å². The van der Waals surface area contributed by atoms with Crippen LogP contribution >= 0.6 is 0 Å². The smallest absolute Gasteiger partial charge is 0.344 e. The lowest BCUT2D eigenvalue weighted by Crippen LogP contribution is -2.15. The maximum atomic E-state index is 11.2. The average molecular weight is 237 g/mol. The van der Waals surface area contributed by atoms with E-state index in [1.807, 2.05) is 19.1 Å². The molecule has 17 heavy (non-hydrogen) atoms. The number of unbranched alkanes of at least 4 members (excludes halogenated alkanes) is 1. The van der Waals surface area contributed by atoms with Crippen LogP contribution in [-0.2, 0) is 16.1 Å². The zero-order valence-electron chi connectivity index (χ0n) is 10.1. The van der Waals surface area contributed by atoms with E-state index < -0.39 is 0 Å². The Morgan fingerprint density at radius 3 is 2.59 bits per heavy atom. The normalized spacial score (nSPS) is 10.0. The maximum absolute atomic E-state index is 11.2. The molecule has 0 spiro atoms. The van der Waals surface area contributed by atoms with Crippen LogP contribution < -0.4 is 10.5 Å². The number of esters is 1. The lowest BCUT2D eigenvalue weighted by molar-refractivity contribution is -0.146. The van der Waals surface area contributed by atoms with Crippen LogP contribution in [0.4, 0.5) is 0 Å². The van der Waals surface area contributed by atoms with Crippen molar-refractivity contribution in [3.05, 3.63) is 29.8 Å². The summed E-state index contributed by atoms with van der Waals surface area (Å²) in [5.41, 5.74) is 6.51. The fourth-order valence-corrected chi connectivity index (χ4v) is 1.24. The highest BCUT2D eigenvalue weighted by molar-refractivity contribution is 5.71. The molecule has 4 heteroatoms. The van der Waals surface area contributed by atoms with Crippen LogP contribution in [0.1, 0.15) is 25.3 Å². The van der Waals surface area contributed by atoms with Crippen molar-refractivity contribution < 1.29 is 14.3 Å². The van der Waals surface area contributed by atoms with Crippen molar-refractivity contribution >= 4 is 5.97 Å². The number of benzene rings is 1. The summed E-state index contributed by atoms with van der Waals surface area (Å²) in [6, 6.07) is 7.33. The summed E-state index contributed by atoms with van der Waals surface area (Å²) in [5, 5.41) is 0. The summed E-state index contributed by atoms with van der Waals surface area (Å²) in [4.78, 5) is 11.2. The van der Waals surface area contributed by atoms with E-state index in [1.54, 1.807) is 12.1 Å². The van der Waals surface area contributed by atoms with E-state index in [4.69, 9.17) is 15.2 Å². The standard InChI is InChI=1S/C13H19NO3/c1-2-3-8-16-13(15)10-17-12-6-4-11(9-14)5-7-12/h4-7H,2-3,8-10,14H2,1H3. The van der Waals surface area contributed by atoms with Gasteiger partial charge in [-0.15, -0.1) is 0 Å². The third-order valence-corrected chi connectivity index (χ3v) is 2.28. The van der Waals surface area contributed by atoms with Gasteiger partial charge in [0.1, 0.15) is 5.75 Å². The molecule has 0 heterocycles. The van der Waals surface area contributed by atoms with Crippen LogP contribution in [0, 0.1) is 0 Å². The van der Waals surface area contributed by atoms with Gasteiger partial charge in [0, 0.05) is 6.54 Å². The van der Waals surface area contributed by atoms with Gasteiger partial charge < -0.3 is 15.2 Å².